The molecule has 0 heterocycles. The van der Waals surface area contributed by atoms with Gasteiger partial charge in [0.25, 0.3) is 0 Å². The van der Waals surface area contributed by atoms with Crippen LogP contribution in [0.3, 0.4) is 0 Å². The highest BCUT2D eigenvalue weighted by Gasteiger charge is 2.13. The standard InChI is InChI=1S/C9H14N2O3S/c1-7(12)6-11-15(13,14)9-4-2-8(10)3-5-9/h2-5,7,11-12H,6,10H2,1H3. The number of anilines is 1. The van der Waals surface area contributed by atoms with Gasteiger partial charge in [-0.25, -0.2) is 13.1 Å². The summed E-state index contributed by atoms with van der Waals surface area (Å²) in [5, 5.41) is 8.96. The van der Waals surface area contributed by atoms with Crippen LogP contribution in [0.15, 0.2) is 29.2 Å². The average molecular weight is 230 g/mol. The first-order valence-electron chi connectivity index (χ1n) is 4.45. The second-order valence-corrected chi connectivity index (χ2v) is 5.04. The van der Waals surface area contributed by atoms with E-state index in [0.717, 1.165) is 0 Å². The van der Waals surface area contributed by atoms with Crippen molar-refractivity contribution in [3.05, 3.63) is 24.3 Å². The van der Waals surface area contributed by atoms with E-state index in [9.17, 15) is 8.42 Å². The minimum absolute atomic E-state index is 0.00723. The number of rotatable bonds is 4. The van der Waals surface area contributed by atoms with Crippen LogP contribution in [0.5, 0.6) is 0 Å². The predicted octanol–water partition coefficient (Wildman–Crippen LogP) is -0.0721. The molecule has 6 heteroatoms. The summed E-state index contributed by atoms with van der Waals surface area (Å²) in [5.41, 5.74) is 5.94. The van der Waals surface area contributed by atoms with E-state index >= 15 is 0 Å². The van der Waals surface area contributed by atoms with Gasteiger partial charge in [-0.05, 0) is 31.2 Å². The number of nitrogens with one attached hydrogen (secondary N) is 1. The quantitative estimate of drug-likeness (QED) is 0.631. The SMILES string of the molecule is CC(O)CNS(=O)(=O)c1ccc(N)cc1. The molecule has 1 unspecified atom stereocenters. The molecule has 4 N–H and O–H groups in total. The van der Waals surface area contributed by atoms with Crippen molar-refractivity contribution < 1.29 is 13.5 Å². The summed E-state index contributed by atoms with van der Waals surface area (Å²) in [4.78, 5) is 0.136. The lowest BCUT2D eigenvalue weighted by Gasteiger charge is -2.08. The molecule has 0 spiro atoms. The first kappa shape index (κ1) is 12.0. The van der Waals surface area contributed by atoms with Crippen molar-refractivity contribution >= 4 is 15.7 Å². The first-order valence-corrected chi connectivity index (χ1v) is 5.93. The topological polar surface area (TPSA) is 92.4 Å². The molecule has 0 saturated carbocycles. The lowest BCUT2D eigenvalue weighted by atomic mass is 10.3. The molecule has 0 aliphatic rings. The van der Waals surface area contributed by atoms with Gasteiger partial charge >= 0.3 is 0 Å². The monoisotopic (exact) mass is 230 g/mol. The van der Waals surface area contributed by atoms with Gasteiger partial charge in [-0.15, -0.1) is 0 Å². The van der Waals surface area contributed by atoms with Gasteiger partial charge in [0.1, 0.15) is 0 Å². The van der Waals surface area contributed by atoms with Gasteiger partial charge in [-0.1, -0.05) is 0 Å². The van der Waals surface area contributed by atoms with Crippen LogP contribution in [0.25, 0.3) is 0 Å². The molecule has 0 radical (unpaired) electrons. The Balaban J connectivity index is 2.82. The van der Waals surface area contributed by atoms with E-state index in [-0.39, 0.29) is 11.4 Å². The molecule has 0 bridgehead atoms. The molecule has 0 aliphatic heterocycles. The van der Waals surface area contributed by atoms with E-state index in [0.29, 0.717) is 5.69 Å². The molecule has 0 saturated heterocycles. The molecule has 84 valence electrons. The number of nitrogen functional groups attached to an aromatic ring is 1. The molecule has 1 atom stereocenters. The number of hydrogen-bond donors (Lipinski definition) is 3. The van der Waals surface area contributed by atoms with Crippen molar-refractivity contribution in [3.8, 4) is 0 Å². The fourth-order valence-electron chi connectivity index (χ4n) is 0.961. The minimum Gasteiger partial charge on any atom is -0.399 e. The van der Waals surface area contributed by atoms with Crippen LogP contribution in [0.4, 0.5) is 5.69 Å². The second-order valence-electron chi connectivity index (χ2n) is 3.27. The minimum atomic E-state index is -3.54. The highest BCUT2D eigenvalue weighted by Crippen LogP contribution is 2.10. The summed E-state index contributed by atoms with van der Waals surface area (Å²) < 4.78 is 25.4. The third-order valence-electron chi connectivity index (χ3n) is 1.76. The van der Waals surface area contributed by atoms with E-state index < -0.39 is 16.1 Å². The summed E-state index contributed by atoms with van der Waals surface area (Å²) in [7, 11) is -3.54. The Bertz CT molecular complexity index is 411. The van der Waals surface area contributed by atoms with E-state index in [2.05, 4.69) is 4.72 Å². The van der Waals surface area contributed by atoms with Crippen LogP contribution in [-0.4, -0.2) is 26.2 Å². The lowest BCUT2D eigenvalue weighted by Crippen LogP contribution is -2.30. The van der Waals surface area contributed by atoms with Crippen molar-refractivity contribution in [2.75, 3.05) is 12.3 Å². The normalized spacial score (nSPS) is 13.7. The Hall–Kier alpha value is -1.11. The van der Waals surface area contributed by atoms with E-state index in [4.69, 9.17) is 10.8 Å². The van der Waals surface area contributed by atoms with Gasteiger partial charge in [-0.2, -0.15) is 0 Å². The predicted molar refractivity (Wildman–Crippen MR) is 57.7 cm³/mol. The van der Waals surface area contributed by atoms with Crippen molar-refractivity contribution in [2.24, 2.45) is 0 Å². The van der Waals surface area contributed by atoms with Crippen molar-refractivity contribution in [1.29, 1.82) is 0 Å². The van der Waals surface area contributed by atoms with Crippen LogP contribution in [0.2, 0.25) is 0 Å². The van der Waals surface area contributed by atoms with Crippen molar-refractivity contribution in [2.45, 2.75) is 17.9 Å². The third-order valence-corrected chi connectivity index (χ3v) is 3.20. The molecular formula is C9H14N2O3S. The molecule has 0 aromatic heterocycles. The van der Waals surface area contributed by atoms with Crippen LogP contribution >= 0.6 is 0 Å². The van der Waals surface area contributed by atoms with Gasteiger partial charge in [0.05, 0.1) is 11.0 Å². The molecule has 0 amide bonds. The Morgan fingerprint density at radius 2 is 1.93 bits per heavy atom. The fourth-order valence-corrected chi connectivity index (χ4v) is 2.08. The Morgan fingerprint density at radius 3 is 2.40 bits per heavy atom. The van der Waals surface area contributed by atoms with Gasteiger partial charge in [0, 0.05) is 12.2 Å². The molecule has 0 aliphatic carbocycles. The Morgan fingerprint density at radius 1 is 1.40 bits per heavy atom. The van der Waals surface area contributed by atoms with Crippen molar-refractivity contribution in [3.63, 3.8) is 0 Å². The number of hydrogen-bond acceptors (Lipinski definition) is 4. The number of aliphatic hydroxyl groups excluding tert-OH is 1. The van der Waals surface area contributed by atoms with Crippen molar-refractivity contribution in [1.82, 2.24) is 4.72 Å². The Kier molecular flexibility index (Phi) is 3.67. The second kappa shape index (κ2) is 4.61. The summed E-state index contributed by atoms with van der Waals surface area (Å²) in [6, 6.07) is 5.85. The number of sulfonamides is 1. The average Bonchev–Trinajstić information content (AvgIpc) is 2.16. The summed E-state index contributed by atoms with van der Waals surface area (Å²) >= 11 is 0. The summed E-state index contributed by atoms with van der Waals surface area (Å²) in [6.07, 6.45) is -0.714. The fraction of sp³-hybridized carbons (Fsp3) is 0.333. The zero-order valence-electron chi connectivity index (χ0n) is 8.34. The van der Waals surface area contributed by atoms with Crippen LogP contribution in [0.1, 0.15) is 6.92 Å². The summed E-state index contributed by atoms with van der Waals surface area (Å²) in [5.74, 6) is 0. The van der Waals surface area contributed by atoms with Gasteiger partial charge in [-0.3, -0.25) is 0 Å². The van der Waals surface area contributed by atoms with Crippen LogP contribution in [-0.2, 0) is 10.0 Å². The molecule has 0 fully saturated rings. The van der Waals surface area contributed by atoms with Gasteiger partial charge in [0.15, 0.2) is 0 Å². The molecule has 5 nitrogen and oxygen atoms in total. The zero-order valence-corrected chi connectivity index (χ0v) is 9.16. The van der Waals surface area contributed by atoms with E-state index in [1.165, 1.54) is 31.2 Å². The van der Waals surface area contributed by atoms with E-state index in [1.807, 2.05) is 0 Å². The molecule has 1 aromatic rings. The first-order chi connectivity index (χ1) is 6.92. The maximum Gasteiger partial charge on any atom is 0.240 e. The molecule has 15 heavy (non-hydrogen) atoms. The highest BCUT2D eigenvalue weighted by molar-refractivity contribution is 7.89. The van der Waals surface area contributed by atoms with Gasteiger partial charge in [0.2, 0.25) is 10.0 Å². The van der Waals surface area contributed by atoms with Gasteiger partial charge < -0.3 is 10.8 Å². The number of benzene rings is 1. The molecular weight excluding hydrogens is 216 g/mol. The molecule has 1 aromatic carbocycles. The lowest BCUT2D eigenvalue weighted by molar-refractivity contribution is 0.198. The number of nitrogens with two attached hydrogens (primary N) is 1. The van der Waals surface area contributed by atoms with Crippen LogP contribution < -0.4 is 10.5 Å². The highest BCUT2D eigenvalue weighted by atomic mass is 32.2. The zero-order chi connectivity index (χ0) is 11.5. The smallest absolute Gasteiger partial charge is 0.240 e. The maximum atomic E-state index is 11.6. The molecule has 1 rings (SSSR count). The summed E-state index contributed by atoms with van der Waals surface area (Å²) in [6.45, 7) is 1.50. The Labute approximate surface area is 89.0 Å². The largest absolute Gasteiger partial charge is 0.399 e. The third kappa shape index (κ3) is 3.50. The van der Waals surface area contributed by atoms with Crippen LogP contribution in [0, 0.1) is 0 Å². The van der Waals surface area contributed by atoms with E-state index in [1.54, 1.807) is 0 Å². The number of aliphatic hydroxyl groups is 1. The maximum absolute atomic E-state index is 11.6.